The van der Waals surface area contributed by atoms with Gasteiger partial charge in [0.2, 0.25) is 0 Å². The van der Waals surface area contributed by atoms with Gasteiger partial charge in [-0.25, -0.2) is 4.79 Å². The summed E-state index contributed by atoms with van der Waals surface area (Å²) in [6.45, 7) is 4.03. The Morgan fingerprint density at radius 1 is 0.900 bits per heavy atom. The van der Waals surface area contributed by atoms with Crippen molar-refractivity contribution in [3.05, 3.63) is 66.2 Å². The standard InChI is InChI=1S/C27H29NO5.C2HF3O2/c29-26(30)9-12-28-13-10-27(11-14-28)19-33-25-18-23(7-8-24(25)27)32-16-15-31-22-6-5-20-3-1-2-4-21(20)17-22;3-2(4,5)1(6)7/h1-8,17-18H,9-16,19H2,(H,29,30);(H,6,7). The average Bonchev–Trinajstić information content (AvgIpc) is 3.27. The summed E-state index contributed by atoms with van der Waals surface area (Å²) in [5.74, 6) is -0.965. The molecule has 0 aromatic heterocycles. The fraction of sp³-hybridized carbons (Fsp3) is 0.379. The van der Waals surface area contributed by atoms with E-state index in [1.807, 2.05) is 36.4 Å². The van der Waals surface area contributed by atoms with E-state index in [1.165, 1.54) is 10.9 Å². The summed E-state index contributed by atoms with van der Waals surface area (Å²) in [6.07, 6.45) is -2.91. The molecule has 0 bridgehead atoms. The van der Waals surface area contributed by atoms with Gasteiger partial charge in [-0.1, -0.05) is 36.4 Å². The Hall–Kier alpha value is -3.99. The summed E-state index contributed by atoms with van der Waals surface area (Å²) in [5.41, 5.74) is 1.28. The molecule has 0 atom stereocenters. The number of rotatable bonds is 8. The summed E-state index contributed by atoms with van der Waals surface area (Å²) in [4.78, 5) is 22.0. The quantitative estimate of drug-likeness (QED) is 0.365. The van der Waals surface area contributed by atoms with Gasteiger partial charge in [-0.15, -0.1) is 0 Å². The number of carboxylic acid groups (broad SMARTS) is 2. The topological polar surface area (TPSA) is 106 Å². The number of alkyl halides is 3. The summed E-state index contributed by atoms with van der Waals surface area (Å²) in [5, 5.41) is 18.4. The molecular weight excluding hydrogens is 531 g/mol. The number of carboxylic acids is 2. The number of fused-ring (bicyclic) bond motifs is 3. The highest BCUT2D eigenvalue weighted by molar-refractivity contribution is 5.83. The van der Waals surface area contributed by atoms with E-state index in [9.17, 15) is 18.0 Å². The minimum Gasteiger partial charge on any atom is -0.492 e. The zero-order chi connectivity index (χ0) is 28.8. The summed E-state index contributed by atoms with van der Waals surface area (Å²) >= 11 is 0. The van der Waals surface area contributed by atoms with Crippen LogP contribution in [0.5, 0.6) is 17.2 Å². The second-order valence-electron chi connectivity index (χ2n) is 9.72. The van der Waals surface area contributed by atoms with Crippen LogP contribution in [0.25, 0.3) is 10.8 Å². The van der Waals surface area contributed by atoms with Crippen LogP contribution in [0.15, 0.2) is 60.7 Å². The Labute approximate surface area is 228 Å². The lowest BCUT2D eigenvalue weighted by Gasteiger charge is -2.38. The first kappa shape index (κ1) is 29.0. The van der Waals surface area contributed by atoms with E-state index >= 15 is 0 Å². The second-order valence-corrected chi connectivity index (χ2v) is 9.72. The largest absolute Gasteiger partial charge is 0.492 e. The first-order valence-electron chi connectivity index (χ1n) is 12.8. The fourth-order valence-corrected chi connectivity index (χ4v) is 4.89. The van der Waals surface area contributed by atoms with Gasteiger partial charge in [-0.05, 0) is 54.9 Å². The molecule has 3 aromatic rings. The van der Waals surface area contributed by atoms with Gasteiger partial charge >= 0.3 is 18.1 Å². The monoisotopic (exact) mass is 561 g/mol. The van der Waals surface area contributed by atoms with Crippen LogP contribution in [0.3, 0.4) is 0 Å². The smallest absolute Gasteiger partial charge is 0.490 e. The zero-order valence-electron chi connectivity index (χ0n) is 21.7. The number of carbonyl (C=O) groups is 2. The van der Waals surface area contributed by atoms with Crippen LogP contribution in [0.4, 0.5) is 13.2 Å². The molecule has 2 N–H and O–H groups in total. The van der Waals surface area contributed by atoms with E-state index in [-0.39, 0.29) is 11.8 Å². The third-order valence-corrected chi connectivity index (χ3v) is 7.07. The van der Waals surface area contributed by atoms with Crippen LogP contribution < -0.4 is 14.2 Å². The lowest BCUT2D eigenvalue weighted by atomic mass is 9.74. The molecule has 11 heteroatoms. The number of halogens is 3. The van der Waals surface area contributed by atoms with Crippen molar-refractivity contribution in [1.29, 1.82) is 0 Å². The summed E-state index contributed by atoms with van der Waals surface area (Å²) < 4.78 is 49.6. The molecule has 2 heterocycles. The van der Waals surface area contributed by atoms with Crippen molar-refractivity contribution in [3.8, 4) is 17.2 Å². The van der Waals surface area contributed by atoms with Crippen LogP contribution in [-0.4, -0.2) is 72.7 Å². The van der Waals surface area contributed by atoms with Crippen molar-refractivity contribution in [2.75, 3.05) is 39.5 Å². The number of ether oxygens (including phenoxy) is 3. The number of likely N-dealkylation sites (tertiary alicyclic amines) is 1. The number of hydrogen-bond acceptors (Lipinski definition) is 6. The van der Waals surface area contributed by atoms with Gasteiger partial charge in [0.05, 0.1) is 13.0 Å². The highest BCUT2D eigenvalue weighted by Crippen LogP contribution is 2.46. The lowest BCUT2D eigenvalue weighted by molar-refractivity contribution is -0.192. The van der Waals surface area contributed by atoms with Crippen molar-refractivity contribution in [3.63, 3.8) is 0 Å². The Bertz CT molecular complexity index is 1340. The fourth-order valence-electron chi connectivity index (χ4n) is 4.89. The minimum absolute atomic E-state index is 0.0345. The molecule has 0 radical (unpaired) electrons. The first-order chi connectivity index (χ1) is 19.1. The van der Waals surface area contributed by atoms with Gasteiger partial charge < -0.3 is 29.3 Å². The van der Waals surface area contributed by atoms with Gasteiger partial charge in [0.1, 0.15) is 30.5 Å². The van der Waals surface area contributed by atoms with E-state index < -0.39 is 18.1 Å². The van der Waals surface area contributed by atoms with Crippen molar-refractivity contribution in [2.24, 2.45) is 0 Å². The summed E-state index contributed by atoms with van der Waals surface area (Å²) in [7, 11) is 0. The Morgan fingerprint density at radius 3 is 2.12 bits per heavy atom. The maximum Gasteiger partial charge on any atom is 0.490 e. The predicted molar refractivity (Wildman–Crippen MR) is 140 cm³/mol. The predicted octanol–water partition coefficient (Wildman–Crippen LogP) is 5.13. The van der Waals surface area contributed by atoms with Crippen LogP contribution in [0.2, 0.25) is 0 Å². The highest BCUT2D eigenvalue weighted by atomic mass is 19.4. The van der Waals surface area contributed by atoms with E-state index in [4.69, 9.17) is 29.2 Å². The molecule has 5 rings (SSSR count). The molecular formula is C29H30F3NO7. The Morgan fingerprint density at radius 2 is 1.50 bits per heavy atom. The zero-order valence-corrected chi connectivity index (χ0v) is 21.7. The van der Waals surface area contributed by atoms with Crippen molar-refractivity contribution >= 4 is 22.7 Å². The molecule has 40 heavy (non-hydrogen) atoms. The van der Waals surface area contributed by atoms with Gasteiger partial charge in [-0.3, -0.25) is 4.79 Å². The molecule has 214 valence electrons. The number of hydrogen-bond donors (Lipinski definition) is 2. The summed E-state index contributed by atoms with van der Waals surface area (Å²) in [6, 6.07) is 20.5. The van der Waals surface area contributed by atoms with Crippen LogP contribution in [0, 0.1) is 0 Å². The molecule has 1 spiro atoms. The SMILES string of the molecule is O=C(O)C(F)(F)F.O=C(O)CCN1CCC2(CC1)COc1cc(OCCOc3ccc4ccccc4c3)ccc12. The third-order valence-electron chi connectivity index (χ3n) is 7.07. The Kier molecular flexibility index (Phi) is 9.03. The molecule has 0 unspecified atom stereocenters. The van der Waals surface area contributed by atoms with Crippen LogP contribution >= 0.6 is 0 Å². The highest BCUT2D eigenvalue weighted by Gasteiger charge is 2.43. The Balaban J connectivity index is 0.000000470. The van der Waals surface area contributed by atoms with Gasteiger partial charge in [0, 0.05) is 23.6 Å². The first-order valence-corrected chi connectivity index (χ1v) is 12.8. The third kappa shape index (κ3) is 7.35. The molecule has 1 saturated heterocycles. The number of nitrogens with zero attached hydrogens (tertiary/aromatic N) is 1. The molecule has 2 aliphatic heterocycles. The number of benzene rings is 3. The average molecular weight is 562 g/mol. The normalized spacial score (nSPS) is 16.0. The maximum atomic E-state index is 10.8. The lowest BCUT2D eigenvalue weighted by Crippen LogP contribution is -2.44. The molecule has 0 amide bonds. The van der Waals surface area contributed by atoms with E-state index in [0.29, 0.717) is 26.4 Å². The molecule has 0 saturated carbocycles. The van der Waals surface area contributed by atoms with Crippen molar-refractivity contribution in [1.82, 2.24) is 4.90 Å². The molecule has 0 aliphatic carbocycles. The van der Waals surface area contributed by atoms with Gasteiger partial charge in [0.25, 0.3) is 0 Å². The maximum absolute atomic E-state index is 10.8. The minimum atomic E-state index is -5.08. The molecule has 2 aliphatic rings. The van der Waals surface area contributed by atoms with Crippen LogP contribution in [0.1, 0.15) is 24.8 Å². The molecule has 8 nitrogen and oxygen atoms in total. The second kappa shape index (κ2) is 12.5. The van der Waals surface area contributed by atoms with E-state index in [0.717, 1.165) is 48.6 Å². The molecule has 3 aromatic carbocycles. The number of aliphatic carboxylic acids is 2. The van der Waals surface area contributed by atoms with Crippen molar-refractivity contribution in [2.45, 2.75) is 30.9 Å². The number of piperidine rings is 1. The van der Waals surface area contributed by atoms with E-state index in [2.05, 4.69) is 29.2 Å². The van der Waals surface area contributed by atoms with Gasteiger partial charge in [0.15, 0.2) is 0 Å². The van der Waals surface area contributed by atoms with E-state index in [1.54, 1.807) is 0 Å². The van der Waals surface area contributed by atoms with Crippen molar-refractivity contribution < 1.29 is 47.2 Å². The van der Waals surface area contributed by atoms with Gasteiger partial charge in [-0.2, -0.15) is 13.2 Å². The molecule has 1 fully saturated rings. The van der Waals surface area contributed by atoms with Crippen LogP contribution in [-0.2, 0) is 15.0 Å².